The Bertz CT molecular complexity index is 196. The Hall–Kier alpha value is -0.530. The van der Waals surface area contributed by atoms with Crippen molar-refractivity contribution in [3.63, 3.8) is 0 Å². The Morgan fingerprint density at radius 2 is 1.91 bits per heavy atom. The summed E-state index contributed by atoms with van der Waals surface area (Å²) in [5, 5.41) is 8.86. The number of carbonyl (C=O) groups is 1. The lowest BCUT2D eigenvalue weighted by Crippen LogP contribution is -2.05. The van der Waals surface area contributed by atoms with Crippen molar-refractivity contribution >= 4 is 5.97 Å². The molecule has 2 nitrogen and oxygen atoms in total. The average molecular weight is 156 g/mol. The van der Waals surface area contributed by atoms with Gasteiger partial charge in [0.1, 0.15) is 0 Å². The Labute approximate surface area is 67.6 Å². The second-order valence-electron chi connectivity index (χ2n) is 4.26. The van der Waals surface area contributed by atoms with Crippen LogP contribution in [-0.2, 0) is 4.79 Å². The van der Waals surface area contributed by atoms with Crippen LogP contribution in [0, 0.1) is 16.7 Å². The fourth-order valence-corrected chi connectivity index (χ4v) is 2.31. The van der Waals surface area contributed by atoms with Gasteiger partial charge < -0.3 is 5.11 Å². The summed E-state index contributed by atoms with van der Waals surface area (Å²) in [6.07, 6.45) is 0.955. The minimum atomic E-state index is -0.639. The molecule has 2 atom stereocenters. The second kappa shape index (κ2) is 1.99. The van der Waals surface area contributed by atoms with Crippen molar-refractivity contribution < 1.29 is 9.90 Å². The summed E-state index contributed by atoms with van der Waals surface area (Å²) in [5.41, 5.74) is 0.0203. The lowest BCUT2D eigenvalue weighted by molar-refractivity contribution is -0.139. The molecule has 0 aromatic heterocycles. The number of hydrogen-bond acceptors (Lipinski definition) is 1. The standard InChI is InChI=1S/C9H16O2/c1-5-9(4)6(7(10)11)8(9,2)3/h6H,5H2,1-4H3,(H,10,11). The van der Waals surface area contributed by atoms with Crippen LogP contribution in [0.4, 0.5) is 0 Å². The maximum atomic E-state index is 10.8. The maximum absolute atomic E-state index is 10.8. The van der Waals surface area contributed by atoms with Crippen molar-refractivity contribution in [2.45, 2.75) is 34.1 Å². The van der Waals surface area contributed by atoms with Crippen LogP contribution in [0.2, 0.25) is 0 Å². The van der Waals surface area contributed by atoms with Crippen molar-refractivity contribution in [3.8, 4) is 0 Å². The molecule has 64 valence electrons. The number of aliphatic carboxylic acids is 1. The lowest BCUT2D eigenvalue weighted by Gasteiger charge is -2.09. The highest BCUT2D eigenvalue weighted by atomic mass is 16.4. The van der Waals surface area contributed by atoms with Crippen molar-refractivity contribution in [2.75, 3.05) is 0 Å². The zero-order valence-electron chi connectivity index (χ0n) is 7.64. The zero-order chi connectivity index (χ0) is 8.86. The van der Waals surface area contributed by atoms with Gasteiger partial charge in [-0.05, 0) is 17.3 Å². The molecule has 0 radical (unpaired) electrons. The average Bonchev–Trinajstić information content (AvgIpc) is 2.29. The van der Waals surface area contributed by atoms with E-state index in [1.807, 2.05) is 13.8 Å². The molecule has 1 N–H and O–H groups in total. The first-order valence-electron chi connectivity index (χ1n) is 4.10. The Kier molecular flexibility index (Phi) is 1.55. The molecule has 0 aromatic carbocycles. The molecule has 0 aromatic rings. The van der Waals surface area contributed by atoms with Gasteiger partial charge in [0, 0.05) is 0 Å². The van der Waals surface area contributed by atoms with E-state index in [-0.39, 0.29) is 16.7 Å². The maximum Gasteiger partial charge on any atom is 0.307 e. The van der Waals surface area contributed by atoms with Crippen LogP contribution in [0.5, 0.6) is 0 Å². The number of carboxylic acid groups (broad SMARTS) is 1. The lowest BCUT2D eigenvalue weighted by atomic mass is 9.96. The van der Waals surface area contributed by atoms with Gasteiger partial charge in [-0.15, -0.1) is 0 Å². The van der Waals surface area contributed by atoms with Crippen LogP contribution in [0.15, 0.2) is 0 Å². The summed E-state index contributed by atoms with van der Waals surface area (Å²) in [7, 11) is 0. The highest BCUT2D eigenvalue weighted by Gasteiger charge is 2.70. The molecule has 0 saturated heterocycles. The van der Waals surface area contributed by atoms with Gasteiger partial charge >= 0.3 is 5.97 Å². The molecule has 1 aliphatic rings. The Morgan fingerprint density at radius 1 is 1.45 bits per heavy atom. The zero-order valence-corrected chi connectivity index (χ0v) is 7.64. The van der Waals surface area contributed by atoms with Gasteiger partial charge in [0.15, 0.2) is 0 Å². The van der Waals surface area contributed by atoms with Gasteiger partial charge in [-0.3, -0.25) is 4.79 Å². The van der Waals surface area contributed by atoms with E-state index < -0.39 is 5.97 Å². The summed E-state index contributed by atoms with van der Waals surface area (Å²) in [6, 6.07) is 0. The SMILES string of the molecule is CCC1(C)C(C(=O)O)C1(C)C. The third-order valence-corrected chi connectivity index (χ3v) is 3.73. The number of rotatable bonds is 2. The van der Waals surface area contributed by atoms with Crippen molar-refractivity contribution in [3.05, 3.63) is 0 Å². The van der Waals surface area contributed by atoms with Crippen LogP contribution in [0.25, 0.3) is 0 Å². The fraction of sp³-hybridized carbons (Fsp3) is 0.889. The predicted octanol–water partition coefficient (Wildman–Crippen LogP) is 2.14. The third-order valence-electron chi connectivity index (χ3n) is 3.73. The van der Waals surface area contributed by atoms with Gasteiger partial charge in [-0.25, -0.2) is 0 Å². The third kappa shape index (κ3) is 0.815. The van der Waals surface area contributed by atoms with E-state index in [2.05, 4.69) is 13.8 Å². The minimum Gasteiger partial charge on any atom is -0.481 e. The van der Waals surface area contributed by atoms with Crippen LogP contribution < -0.4 is 0 Å². The molecule has 0 aliphatic heterocycles. The molecule has 1 rings (SSSR count). The summed E-state index contributed by atoms with van der Waals surface area (Å²) in [6.45, 7) is 8.20. The molecule has 0 heterocycles. The van der Waals surface area contributed by atoms with Crippen LogP contribution in [-0.4, -0.2) is 11.1 Å². The smallest absolute Gasteiger partial charge is 0.307 e. The van der Waals surface area contributed by atoms with E-state index in [1.165, 1.54) is 0 Å². The minimum absolute atomic E-state index is 0.00637. The van der Waals surface area contributed by atoms with E-state index in [9.17, 15) is 4.79 Å². The molecule has 1 aliphatic carbocycles. The highest BCUT2D eigenvalue weighted by molar-refractivity contribution is 5.76. The van der Waals surface area contributed by atoms with E-state index in [0.29, 0.717) is 0 Å². The van der Waals surface area contributed by atoms with E-state index in [1.54, 1.807) is 0 Å². The number of carboxylic acids is 1. The number of hydrogen-bond donors (Lipinski definition) is 1. The quantitative estimate of drug-likeness (QED) is 0.665. The van der Waals surface area contributed by atoms with Crippen LogP contribution in [0.1, 0.15) is 34.1 Å². The Morgan fingerprint density at radius 3 is 2.00 bits per heavy atom. The van der Waals surface area contributed by atoms with Gasteiger partial charge in [0.2, 0.25) is 0 Å². The van der Waals surface area contributed by atoms with Gasteiger partial charge in [0.25, 0.3) is 0 Å². The Balaban J connectivity index is 2.83. The predicted molar refractivity (Wildman–Crippen MR) is 43.3 cm³/mol. The molecule has 11 heavy (non-hydrogen) atoms. The molecule has 0 spiro atoms. The summed E-state index contributed by atoms with van der Waals surface area (Å²) < 4.78 is 0. The van der Waals surface area contributed by atoms with Gasteiger partial charge in [0.05, 0.1) is 5.92 Å². The van der Waals surface area contributed by atoms with Gasteiger partial charge in [-0.1, -0.05) is 27.7 Å². The topological polar surface area (TPSA) is 37.3 Å². The van der Waals surface area contributed by atoms with Crippen LogP contribution in [0.3, 0.4) is 0 Å². The molecule has 0 bridgehead atoms. The first-order chi connectivity index (χ1) is 4.88. The van der Waals surface area contributed by atoms with E-state index in [0.717, 1.165) is 6.42 Å². The molecular formula is C9H16O2. The molecule has 2 unspecified atom stereocenters. The first-order valence-corrected chi connectivity index (χ1v) is 4.10. The molecule has 2 heteroatoms. The summed E-state index contributed by atoms with van der Waals surface area (Å²) >= 11 is 0. The normalized spacial score (nSPS) is 40.2. The molecular weight excluding hydrogens is 140 g/mol. The van der Waals surface area contributed by atoms with E-state index >= 15 is 0 Å². The van der Waals surface area contributed by atoms with Crippen molar-refractivity contribution in [1.82, 2.24) is 0 Å². The monoisotopic (exact) mass is 156 g/mol. The second-order valence-corrected chi connectivity index (χ2v) is 4.26. The van der Waals surface area contributed by atoms with Crippen molar-refractivity contribution in [1.29, 1.82) is 0 Å². The summed E-state index contributed by atoms with van der Waals surface area (Å²) in [4.78, 5) is 10.8. The highest BCUT2D eigenvalue weighted by Crippen LogP contribution is 2.70. The molecule has 1 fully saturated rings. The van der Waals surface area contributed by atoms with E-state index in [4.69, 9.17) is 5.11 Å². The molecule has 1 saturated carbocycles. The van der Waals surface area contributed by atoms with Crippen molar-refractivity contribution in [2.24, 2.45) is 16.7 Å². The largest absolute Gasteiger partial charge is 0.481 e. The summed E-state index contributed by atoms with van der Waals surface area (Å²) in [5.74, 6) is -0.778. The fourth-order valence-electron chi connectivity index (χ4n) is 2.31. The van der Waals surface area contributed by atoms with Gasteiger partial charge in [-0.2, -0.15) is 0 Å². The van der Waals surface area contributed by atoms with Crippen LogP contribution >= 0.6 is 0 Å². The molecule has 0 amide bonds. The first kappa shape index (κ1) is 8.57.